The normalized spacial score (nSPS) is 20.5. The first-order valence-electron chi connectivity index (χ1n) is 7.50. The number of hydrogen-bond donors (Lipinski definition) is 1. The molecule has 0 saturated heterocycles. The second-order valence-electron chi connectivity index (χ2n) is 5.65. The minimum absolute atomic E-state index is 0.154. The minimum Gasteiger partial charge on any atom is -0.497 e. The van der Waals surface area contributed by atoms with Crippen molar-refractivity contribution >= 4 is 0 Å². The van der Waals surface area contributed by atoms with Crippen molar-refractivity contribution in [3.05, 3.63) is 64.7 Å². The molecule has 0 bridgehead atoms. The van der Waals surface area contributed by atoms with Crippen LogP contribution in [0.2, 0.25) is 0 Å². The first-order valence-corrected chi connectivity index (χ1v) is 7.50. The molecule has 0 radical (unpaired) electrons. The van der Waals surface area contributed by atoms with Crippen molar-refractivity contribution in [3.63, 3.8) is 0 Å². The van der Waals surface area contributed by atoms with Gasteiger partial charge in [0.05, 0.1) is 13.2 Å². The lowest BCUT2D eigenvalue weighted by Crippen LogP contribution is -2.39. The lowest BCUT2D eigenvalue weighted by molar-refractivity contribution is 0.403. The monoisotopic (exact) mass is 303 g/mol. The highest BCUT2D eigenvalue weighted by Crippen LogP contribution is 2.34. The van der Waals surface area contributed by atoms with Gasteiger partial charge in [-0.15, -0.1) is 0 Å². The molecule has 22 heavy (non-hydrogen) atoms. The Morgan fingerprint density at radius 1 is 1.14 bits per heavy atom. The number of ether oxygens (including phenoxy) is 1. The Balaban J connectivity index is 2.07. The Kier molecular flexibility index (Phi) is 4.12. The summed E-state index contributed by atoms with van der Waals surface area (Å²) in [5.41, 5.74) is 3.02. The Bertz CT molecular complexity index is 687. The van der Waals surface area contributed by atoms with Gasteiger partial charge in [0.25, 0.3) is 0 Å². The Morgan fingerprint density at radius 3 is 2.64 bits per heavy atom. The van der Waals surface area contributed by atoms with Crippen LogP contribution in [0.15, 0.2) is 36.4 Å². The van der Waals surface area contributed by atoms with Gasteiger partial charge in [-0.2, -0.15) is 0 Å². The third kappa shape index (κ3) is 2.71. The van der Waals surface area contributed by atoms with E-state index in [1.54, 1.807) is 13.2 Å². The molecule has 2 aromatic carbocycles. The highest BCUT2D eigenvalue weighted by atomic mass is 19.2. The molecular formula is C18H19F2NO. The summed E-state index contributed by atoms with van der Waals surface area (Å²) < 4.78 is 32.1. The maximum Gasteiger partial charge on any atom is 0.159 e. The standard InChI is InChI=1S/C18H19F2NO/c1-3-13-8-11-4-6-14(22-2)10-15(11)18(21-13)12-5-7-16(19)17(20)9-12/h4-7,9-10,13,18,21H,3,8H2,1-2H3. The van der Waals surface area contributed by atoms with Crippen LogP contribution in [0.4, 0.5) is 8.78 Å². The number of halogens is 2. The highest BCUT2D eigenvalue weighted by Gasteiger charge is 2.27. The van der Waals surface area contributed by atoms with Crippen molar-refractivity contribution in [3.8, 4) is 5.75 Å². The van der Waals surface area contributed by atoms with Crippen molar-refractivity contribution < 1.29 is 13.5 Å². The molecule has 0 aromatic heterocycles. The number of benzene rings is 2. The lowest BCUT2D eigenvalue weighted by Gasteiger charge is -2.33. The third-order valence-electron chi connectivity index (χ3n) is 4.30. The molecule has 2 unspecified atom stereocenters. The number of hydrogen-bond acceptors (Lipinski definition) is 2. The Morgan fingerprint density at radius 2 is 1.95 bits per heavy atom. The van der Waals surface area contributed by atoms with E-state index in [1.807, 2.05) is 12.1 Å². The van der Waals surface area contributed by atoms with Gasteiger partial charge in [-0.3, -0.25) is 0 Å². The molecule has 116 valence electrons. The smallest absolute Gasteiger partial charge is 0.159 e. The van der Waals surface area contributed by atoms with Crippen LogP contribution in [0.1, 0.15) is 36.1 Å². The quantitative estimate of drug-likeness (QED) is 0.926. The molecule has 0 spiro atoms. The van der Waals surface area contributed by atoms with Crippen LogP contribution in [0.25, 0.3) is 0 Å². The zero-order valence-corrected chi connectivity index (χ0v) is 12.7. The molecule has 0 fully saturated rings. The molecule has 4 heteroatoms. The molecule has 3 rings (SSSR count). The van der Waals surface area contributed by atoms with Gasteiger partial charge in [-0.05, 0) is 53.8 Å². The minimum atomic E-state index is -0.822. The topological polar surface area (TPSA) is 21.3 Å². The van der Waals surface area contributed by atoms with E-state index >= 15 is 0 Å². The molecule has 1 aliphatic heterocycles. The molecule has 1 heterocycles. The van der Waals surface area contributed by atoms with Crippen molar-refractivity contribution in [2.45, 2.75) is 31.8 Å². The molecule has 2 aromatic rings. The fraction of sp³-hybridized carbons (Fsp3) is 0.333. The van der Waals surface area contributed by atoms with Gasteiger partial charge in [-0.1, -0.05) is 19.1 Å². The number of fused-ring (bicyclic) bond motifs is 1. The van der Waals surface area contributed by atoms with E-state index in [4.69, 9.17) is 4.74 Å². The fourth-order valence-corrected chi connectivity index (χ4v) is 3.03. The molecule has 0 saturated carbocycles. The lowest BCUT2D eigenvalue weighted by atomic mass is 9.86. The van der Waals surface area contributed by atoms with Crippen molar-refractivity contribution in [2.75, 3.05) is 7.11 Å². The Hall–Kier alpha value is -1.94. The number of nitrogens with one attached hydrogen (secondary N) is 1. The van der Waals surface area contributed by atoms with Gasteiger partial charge in [0, 0.05) is 6.04 Å². The highest BCUT2D eigenvalue weighted by molar-refractivity contribution is 5.44. The van der Waals surface area contributed by atoms with Gasteiger partial charge >= 0.3 is 0 Å². The summed E-state index contributed by atoms with van der Waals surface area (Å²) in [4.78, 5) is 0. The van der Waals surface area contributed by atoms with E-state index in [1.165, 1.54) is 17.7 Å². The molecular weight excluding hydrogens is 284 g/mol. The predicted octanol–water partition coefficient (Wildman–Crippen LogP) is 3.99. The third-order valence-corrected chi connectivity index (χ3v) is 4.30. The summed E-state index contributed by atoms with van der Waals surface area (Å²) in [5.74, 6) is -0.872. The van der Waals surface area contributed by atoms with Crippen molar-refractivity contribution in [1.82, 2.24) is 5.32 Å². The van der Waals surface area contributed by atoms with Crippen LogP contribution >= 0.6 is 0 Å². The van der Waals surface area contributed by atoms with Gasteiger partial charge < -0.3 is 10.1 Å². The summed E-state index contributed by atoms with van der Waals surface area (Å²) in [6.07, 6.45) is 1.90. The van der Waals surface area contributed by atoms with E-state index in [9.17, 15) is 8.78 Å². The summed E-state index contributed by atoms with van der Waals surface area (Å²) >= 11 is 0. The van der Waals surface area contributed by atoms with Crippen molar-refractivity contribution in [1.29, 1.82) is 0 Å². The molecule has 2 atom stereocenters. The largest absolute Gasteiger partial charge is 0.497 e. The summed E-state index contributed by atoms with van der Waals surface area (Å²) in [6.45, 7) is 2.12. The van der Waals surface area contributed by atoms with Gasteiger partial charge in [0.15, 0.2) is 11.6 Å². The van der Waals surface area contributed by atoms with E-state index in [-0.39, 0.29) is 6.04 Å². The fourth-order valence-electron chi connectivity index (χ4n) is 3.03. The first kappa shape index (κ1) is 15.0. The predicted molar refractivity (Wildman–Crippen MR) is 82.1 cm³/mol. The average molecular weight is 303 g/mol. The van der Waals surface area contributed by atoms with E-state index in [0.717, 1.165) is 29.7 Å². The van der Waals surface area contributed by atoms with Crippen LogP contribution in [0, 0.1) is 11.6 Å². The summed E-state index contributed by atoms with van der Waals surface area (Å²) in [7, 11) is 1.62. The van der Waals surface area contributed by atoms with Crippen LogP contribution in [-0.4, -0.2) is 13.2 Å². The van der Waals surface area contributed by atoms with Crippen LogP contribution in [-0.2, 0) is 6.42 Å². The average Bonchev–Trinajstić information content (AvgIpc) is 2.55. The van der Waals surface area contributed by atoms with Crippen LogP contribution in [0.3, 0.4) is 0 Å². The van der Waals surface area contributed by atoms with E-state index < -0.39 is 11.6 Å². The zero-order chi connectivity index (χ0) is 15.7. The number of methoxy groups -OCH3 is 1. The molecule has 0 amide bonds. The van der Waals surface area contributed by atoms with Crippen LogP contribution in [0.5, 0.6) is 5.75 Å². The SMILES string of the molecule is CCC1Cc2ccc(OC)cc2C(c2ccc(F)c(F)c2)N1. The van der Waals surface area contributed by atoms with Crippen molar-refractivity contribution in [2.24, 2.45) is 0 Å². The second-order valence-corrected chi connectivity index (χ2v) is 5.65. The van der Waals surface area contributed by atoms with Gasteiger partial charge in [0.1, 0.15) is 5.75 Å². The molecule has 0 aliphatic carbocycles. The molecule has 1 aliphatic rings. The first-order chi connectivity index (χ1) is 10.6. The van der Waals surface area contributed by atoms with E-state index in [2.05, 4.69) is 18.3 Å². The zero-order valence-electron chi connectivity index (χ0n) is 12.7. The maximum absolute atomic E-state index is 13.6. The van der Waals surface area contributed by atoms with E-state index in [0.29, 0.717) is 6.04 Å². The number of rotatable bonds is 3. The van der Waals surface area contributed by atoms with Gasteiger partial charge in [0.2, 0.25) is 0 Å². The second kappa shape index (κ2) is 6.05. The summed E-state index contributed by atoms with van der Waals surface area (Å²) in [6, 6.07) is 10.2. The van der Waals surface area contributed by atoms with Crippen LogP contribution < -0.4 is 10.1 Å². The van der Waals surface area contributed by atoms with Gasteiger partial charge in [-0.25, -0.2) is 8.78 Å². The summed E-state index contributed by atoms with van der Waals surface area (Å²) in [5, 5.41) is 3.53. The maximum atomic E-state index is 13.6. The molecule has 1 N–H and O–H groups in total. The Labute approximate surface area is 129 Å². The molecule has 2 nitrogen and oxygen atoms in total.